The molecule has 0 bridgehead atoms. The second-order valence-corrected chi connectivity index (χ2v) is 19.8. The van der Waals surface area contributed by atoms with Gasteiger partial charge in [0.2, 0.25) is 0 Å². The van der Waals surface area contributed by atoms with Gasteiger partial charge in [0.15, 0.2) is 0 Å². The van der Waals surface area contributed by atoms with Gasteiger partial charge in [-0.3, -0.25) is 9.30 Å². The van der Waals surface area contributed by atoms with Gasteiger partial charge in [0.05, 0.1) is 44.4 Å². The van der Waals surface area contributed by atoms with Gasteiger partial charge < -0.3 is 9.30 Å². The summed E-state index contributed by atoms with van der Waals surface area (Å²) in [5, 5.41) is 5.67. The van der Waals surface area contributed by atoms with Crippen LogP contribution in [0, 0.1) is 0 Å². The van der Waals surface area contributed by atoms with E-state index in [-0.39, 0.29) is 5.41 Å². The van der Waals surface area contributed by atoms with E-state index in [0.717, 1.165) is 89.3 Å². The van der Waals surface area contributed by atoms with Crippen molar-refractivity contribution < 1.29 is 4.74 Å². The van der Waals surface area contributed by atoms with E-state index in [0.29, 0.717) is 0 Å². The second-order valence-electron chi connectivity index (χ2n) is 19.8. The number of aromatic nitrogens is 4. The van der Waals surface area contributed by atoms with Gasteiger partial charge >= 0.3 is 0 Å². The number of hydrogen-bond acceptors (Lipinski definition) is 4. The number of fused-ring (bicyclic) bond motifs is 14. The van der Waals surface area contributed by atoms with Crippen LogP contribution in [0.1, 0.15) is 48.6 Å². The molecule has 0 unspecified atom stereocenters. The first-order chi connectivity index (χ1) is 34.9. The molecule has 1 aliphatic rings. The summed E-state index contributed by atoms with van der Waals surface area (Å²) in [7, 11) is 0. The van der Waals surface area contributed by atoms with Crippen LogP contribution in [0.3, 0.4) is 0 Å². The highest BCUT2D eigenvalue weighted by Crippen LogP contribution is 2.58. The number of pyridine rings is 2. The van der Waals surface area contributed by atoms with Gasteiger partial charge in [0.25, 0.3) is 0 Å². The molecule has 0 N–H and O–H groups in total. The van der Waals surface area contributed by atoms with Crippen LogP contribution in [0.5, 0.6) is 11.5 Å². The highest BCUT2D eigenvalue weighted by atomic mass is 16.5. The number of para-hydroxylation sites is 5. The molecule has 1 aliphatic heterocycles. The molecule has 13 aromatic rings. The van der Waals surface area contributed by atoms with Crippen molar-refractivity contribution in [3.63, 3.8) is 0 Å². The number of nitrogens with zero attached hydrogens (tertiary/aromatic N) is 5. The average Bonchev–Trinajstić information content (AvgIpc) is 3.98. The lowest BCUT2D eigenvalue weighted by atomic mass is 9.62. The lowest BCUT2D eigenvalue weighted by Gasteiger charge is -2.46. The Labute approximate surface area is 411 Å². The van der Waals surface area contributed by atoms with Crippen molar-refractivity contribution in [3.8, 4) is 17.2 Å². The van der Waals surface area contributed by atoms with E-state index in [1.54, 1.807) is 0 Å². The van der Waals surface area contributed by atoms with Crippen molar-refractivity contribution in [2.45, 2.75) is 31.6 Å². The predicted molar refractivity (Wildman–Crippen MR) is 292 cm³/mol. The van der Waals surface area contributed by atoms with Crippen LogP contribution in [0.2, 0.25) is 0 Å². The monoisotopic (exact) mass is 913 g/mol. The van der Waals surface area contributed by atoms with E-state index in [2.05, 4.69) is 259 Å². The Morgan fingerprint density at radius 2 is 1.11 bits per heavy atom. The van der Waals surface area contributed by atoms with E-state index >= 15 is 0 Å². The fourth-order valence-corrected chi connectivity index (χ4v) is 11.7. The maximum absolute atomic E-state index is 7.11. The van der Waals surface area contributed by atoms with E-state index in [9.17, 15) is 0 Å². The van der Waals surface area contributed by atoms with Gasteiger partial charge in [-0.1, -0.05) is 160 Å². The molecule has 71 heavy (non-hydrogen) atoms. The number of ether oxygens (including phenoxy) is 1. The van der Waals surface area contributed by atoms with Crippen LogP contribution in [0.25, 0.3) is 65.8 Å². The molecule has 14 rings (SSSR count). The van der Waals surface area contributed by atoms with E-state index in [1.807, 2.05) is 6.20 Å². The van der Waals surface area contributed by atoms with E-state index in [1.165, 1.54) is 33.0 Å². The molecule has 0 radical (unpaired) electrons. The number of benzene rings is 9. The van der Waals surface area contributed by atoms with Crippen LogP contribution >= 0.6 is 0 Å². The summed E-state index contributed by atoms with van der Waals surface area (Å²) in [5.74, 6) is 2.29. The minimum absolute atomic E-state index is 0.0841. The molecule has 0 atom stereocenters. The smallest absolute Gasteiger partial charge is 0.146 e. The van der Waals surface area contributed by atoms with Gasteiger partial charge in [-0.05, 0) is 117 Å². The molecule has 4 aromatic heterocycles. The van der Waals surface area contributed by atoms with E-state index < -0.39 is 5.41 Å². The topological polar surface area (TPSA) is 47.6 Å². The number of hydrogen-bond donors (Lipinski definition) is 0. The second kappa shape index (κ2) is 15.5. The van der Waals surface area contributed by atoms with Crippen molar-refractivity contribution in [2.75, 3.05) is 4.90 Å². The quantitative estimate of drug-likeness (QED) is 0.156. The molecule has 6 heteroatoms. The highest BCUT2D eigenvalue weighted by Gasteiger charge is 2.47. The standard InChI is InChI=1S/C65H47N5O/c1-64(2,3)44-37-38-66-60(39-44)69-56-29-17-14-26-52(56)65(42-19-7-4-8-20-42,43-21-9-5-10-22-43)53-35-32-47(41-59(53)69)71-46-31-33-48-49-34-36-58-61(50-25-13-16-28-55(50)68(58)45-23-11-6-12-24-45)62(49)70-57-30-18-15-27-54(57)67-63(70)51(48)40-46/h4-41H,1-3H3. The van der Waals surface area contributed by atoms with Crippen molar-refractivity contribution >= 4 is 77.4 Å². The van der Waals surface area contributed by atoms with Crippen LogP contribution in [-0.2, 0) is 10.8 Å². The van der Waals surface area contributed by atoms with Gasteiger partial charge in [-0.25, -0.2) is 9.97 Å². The van der Waals surface area contributed by atoms with Crippen molar-refractivity contribution in [3.05, 3.63) is 258 Å². The third kappa shape index (κ3) is 6.07. The third-order valence-corrected chi connectivity index (χ3v) is 14.8. The first kappa shape index (κ1) is 41.0. The maximum atomic E-state index is 7.11. The molecule has 0 fully saturated rings. The first-order valence-electron chi connectivity index (χ1n) is 24.4. The van der Waals surface area contributed by atoms with Gasteiger partial charge in [0.1, 0.15) is 23.0 Å². The third-order valence-electron chi connectivity index (χ3n) is 14.8. The molecule has 0 saturated heterocycles. The SMILES string of the molecule is CC(C)(C)c1ccnc(N2c3ccccc3C(c3ccccc3)(c3ccccc3)c3ccc(Oc4ccc5c(c4)c4nc6ccccc6n4c4c5ccc5c4c4ccccc4n5-c4ccccc4)cc32)c1. The Hall–Kier alpha value is -9.00. The average molecular weight is 914 g/mol. The molecule has 338 valence electrons. The van der Waals surface area contributed by atoms with E-state index in [4.69, 9.17) is 14.7 Å². The summed E-state index contributed by atoms with van der Waals surface area (Å²) in [6, 6.07) is 80.6. The molecular weight excluding hydrogens is 867 g/mol. The normalized spacial score (nSPS) is 13.4. The summed E-state index contributed by atoms with van der Waals surface area (Å²) in [4.78, 5) is 12.8. The van der Waals surface area contributed by atoms with Crippen LogP contribution in [0.4, 0.5) is 17.2 Å². The minimum Gasteiger partial charge on any atom is -0.457 e. The van der Waals surface area contributed by atoms with Crippen LogP contribution in [-0.4, -0.2) is 18.9 Å². The van der Waals surface area contributed by atoms with Crippen molar-refractivity contribution in [1.82, 2.24) is 18.9 Å². The number of rotatable bonds is 6. The molecule has 0 amide bonds. The Morgan fingerprint density at radius 3 is 1.89 bits per heavy atom. The maximum Gasteiger partial charge on any atom is 0.146 e. The van der Waals surface area contributed by atoms with Gasteiger partial charge in [0, 0.05) is 39.5 Å². The fraction of sp³-hybridized carbons (Fsp3) is 0.0769. The minimum atomic E-state index is -0.651. The summed E-state index contributed by atoms with van der Waals surface area (Å²) in [6.07, 6.45) is 1.94. The van der Waals surface area contributed by atoms with Crippen LogP contribution < -0.4 is 9.64 Å². The molecule has 5 heterocycles. The summed E-state index contributed by atoms with van der Waals surface area (Å²) >= 11 is 0. The fourth-order valence-electron chi connectivity index (χ4n) is 11.7. The van der Waals surface area contributed by atoms with Gasteiger partial charge in [-0.2, -0.15) is 0 Å². The molecular formula is C65H47N5O. The summed E-state index contributed by atoms with van der Waals surface area (Å²) in [5.41, 5.74) is 14.7. The number of imidazole rings is 1. The zero-order valence-corrected chi connectivity index (χ0v) is 39.6. The predicted octanol–water partition coefficient (Wildman–Crippen LogP) is 16.5. The Morgan fingerprint density at radius 1 is 0.479 bits per heavy atom. The molecule has 0 spiro atoms. The molecule has 6 nitrogen and oxygen atoms in total. The number of anilines is 3. The van der Waals surface area contributed by atoms with Crippen molar-refractivity contribution in [2.24, 2.45) is 0 Å². The van der Waals surface area contributed by atoms with Gasteiger partial charge in [-0.15, -0.1) is 0 Å². The summed E-state index contributed by atoms with van der Waals surface area (Å²) < 4.78 is 11.9. The summed E-state index contributed by atoms with van der Waals surface area (Å²) in [6.45, 7) is 6.76. The van der Waals surface area contributed by atoms with Crippen LogP contribution in [0.15, 0.2) is 231 Å². The largest absolute Gasteiger partial charge is 0.457 e. The first-order valence-corrected chi connectivity index (χ1v) is 24.4. The van der Waals surface area contributed by atoms with Crippen molar-refractivity contribution in [1.29, 1.82) is 0 Å². The molecule has 0 saturated carbocycles. The zero-order chi connectivity index (χ0) is 47.4. The molecule has 0 aliphatic carbocycles. The Kier molecular flexibility index (Phi) is 8.96. The zero-order valence-electron chi connectivity index (χ0n) is 39.6. The lowest BCUT2D eigenvalue weighted by molar-refractivity contribution is 0.483. The molecule has 9 aromatic carbocycles. The Bertz CT molecular complexity index is 4200. The Balaban J connectivity index is 0.995. The highest BCUT2D eigenvalue weighted by molar-refractivity contribution is 6.27. The lowest BCUT2D eigenvalue weighted by Crippen LogP contribution is -2.38.